The van der Waals surface area contributed by atoms with Gasteiger partial charge < -0.3 is 13.9 Å². The van der Waals surface area contributed by atoms with Gasteiger partial charge in [0, 0.05) is 31.1 Å². The van der Waals surface area contributed by atoms with E-state index in [1.54, 1.807) is 0 Å². The van der Waals surface area contributed by atoms with Crippen LogP contribution in [0.5, 0.6) is 5.75 Å². The van der Waals surface area contributed by atoms with Crippen LogP contribution < -0.4 is 4.74 Å². The normalized spacial score (nSPS) is 12.3. The summed E-state index contributed by atoms with van der Waals surface area (Å²) in [7, 11) is 0. The van der Waals surface area contributed by atoms with Crippen LogP contribution in [-0.4, -0.2) is 25.1 Å². The number of aromatic nitrogens is 4. The van der Waals surface area contributed by atoms with Gasteiger partial charge in [0.25, 0.3) is 0 Å². The van der Waals surface area contributed by atoms with Crippen LogP contribution in [0.15, 0.2) is 30.3 Å². The van der Waals surface area contributed by atoms with Crippen molar-refractivity contribution in [3.63, 3.8) is 0 Å². The van der Waals surface area contributed by atoms with Crippen molar-refractivity contribution in [3.05, 3.63) is 64.2 Å². The van der Waals surface area contributed by atoms with Crippen molar-refractivity contribution in [2.75, 3.05) is 0 Å². The van der Waals surface area contributed by atoms with Gasteiger partial charge in [-0.25, -0.2) is 9.97 Å². The van der Waals surface area contributed by atoms with Crippen LogP contribution in [0.3, 0.4) is 0 Å². The molecule has 0 amide bonds. The minimum atomic E-state index is -0.300. The molecule has 0 saturated heterocycles. The molecular formula is C34H40N4O2. The summed E-state index contributed by atoms with van der Waals surface area (Å²) >= 11 is 0. The first kappa shape index (κ1) is 27.6. The van der Waals surface area contributed by atoms with Gasteiger partial charge >= 0.3 is 5.97 Å². The summed E-state index contributed by atoms with van der Waals surface area (Å²) in [6, 6.07) is 10.7. The van der Waals surface area contributed by atoms with Crippen LogP contribution in [0, 0.1) is 0 Å². The van der Waals surface area contributed by atoms with Gasteiger partial charge in [-0.15, -0.1) is 0 Å². The molecule has 0 unspecified atom stereocenters. The van der Waals surface area contributed by atoms with Crippen molar-refractivity contribution in [2.45, 2.75) is 86.2 Å². The second-order valence-corrected chi connectivity index (χ2v) is 10.6. The molecule has 3 aromatic heterocycles. The zero-order valence-corrected chi connectivity index (χ0v) is 24.5. The maximum absolute atomic E-state index is 12.5. The summed E-state index contributed by atoms with van der Waals surface area (Å²) in [6.07, 6.45) is 13.9. The molecule has 3 aromatic rings. The number of carbonyl (C=O) groups excluding carboxylic acids is 1. The van der Waals surface area contributed by atoms with Gasteiger partial charge in [-0.3, -0.25) is 4.79 Å². The highest BCUT2D eigenvalue weighted by Crippen LogP contribution is 2.38. The number of hydrogen-bond acceptors (Lipinski definition) is 4. The van der Waals surface area contributed by atoms with E-state index in [9.17, 15) is 4.79 Å². The topological polar surface area (TPSA) is 61.9 Å². The fourth-order valence-corrected chi connectivity index (χ4v) is 5.83. The molecule has 2 aliphatic heterocycles. The Labute approximate surface area is 237 Å². The summed E-state index contributed by atoms with van der Waals surface area (Å²) < 4.78 is 10.9. The monoisotopic (exact) mass is 536 g/mol. The highest BCUT2D eigenvalue weighted by Gasteiger charge is 2.23. The Morgan fingerprint density at radius 1 is 0.750 bits per heavy atom. The van der Waals surface area contributed by atoms with Gasteiger partial charge in [0.2, 0.25) is 0 Å². The Hall–Kier alpha value is -3.93. The van der Waals surface area contributed by atoms with Crippen LogP contribution >= 0.6 is 0 Å². The number of nitrogens with zero attached hydrogens (tertiary/aromatic N) is 4. The highest BCUT2D eigenvalue weighted by molar-refractivity contribution is 5.94. The van der Waals surface area contributed by atoms with Crippen molar-refractivity contribution < 1.29 is 9.53 Å². The molecular weight excluding hydrogens is 496 g/mol. The lowest BCUT2D eigenvalue weighted by molar-refractivity contribution is -0.131. The summed E-state index contributed by atoms with van der Waals surface area (Å²) in [4.78, 5) is 22.1. The predicted molar refractivity (Wildman–Crippen MR) is 166 cm³/mol. The summed E-state index contributed by atoms with van der Waals surface area (Å²) in [5.74, 6) is 0.377. The van der Waals surface area contributed by atoms with E-state index in [0.717, 1.165) is 85.5 Å². The minimum Gasteiger partial charge on any atom is -0.424 e. The predicted octanol–water partition coefficient (Wildman–Crippen LogP) is 8.25. The van der Waals surface area contributed by atoms with E-state index < -0.39 is 0 Å². The Balaban J connectivity index is 2.06. The van der Waals surface area contributed by atoms with E-state index in [2.05, 4.69) is 67.2 Å². The van der Waals surface area contributed by atoms with Crippen molar-refractivity contribution in [1.82, 2.24) is 19.1 Å². The second-order valence-electron chi connectivity index (χ2n) is 10.6. The highest BCUT2D eigenvalue weighted by atomic mass is 16.5. The fraction of sp³-hybridized carbons (Fsp3) is 0.382. The first-order chi connectivity index (χ1) is 19.5. The number of hydrogen-bond donors (Lipinski definition) is 0. The molecule has 0 fully saturated rings. The molecule has 0 aromatic carbocycles. The number of esters is 1. The number of aryl methyl sites for hydroxylation is 4. The average Bonchev–Trinajstić information content (AvgIpc) is 3.70. The van der Waals surface area contributed by atoms with Gasteiger partial charge in [-0.2, -0.15) is 0 Å². The number of rotatable bonds is 9. The maximum atomic E-state index is 12.5. The third-order valence-corrected chi connectivity index (χ3v) is 7.37. The molecule has 6 heteroatoms. The van der Waals surface area contributed by atoms with Crippen molar-refractivity contribution >= 4 is 52.3 Å². The number of fused-ring (bicyclic) bond motifs is 10. The molecule has 0 spiro atoms. The van der Waals surface area contributed by atoms with E-state index in [0.29, 0.717) is 5.75 Å². The summed E-state index contributed by atoms with van der Waals surface area (Å²) in [5.41, 5.74) is 10.4. The van der Waals surface area contributed by atoms with Crippen LogP contribution in [0.2, 0.25) is 0 Å². The van der Waals surface area contributed by atoms with Crippen LogP contribution in [0.1, 0.15) is 94.2 Å². The lowest BCUT2D eigenvalue weighted by atomic mass is 10.1. The van der Waals surface area contributed by atoms with Gasteiger partial charge in [-0.1, -0.05) is 40.5 Å². The zero-order chi connectivity index (χ0) is 28.2. The number of ether oxygens (including phenoxy) is 1. The largest absolute Gasteiger partial charge is 0.424 e. The SMILES string of the molecule is CCCc1cc2ccc3nc(c4nc(ccc5c(OC(C)=O)c(CCC)c(c1n2CCC)n5CCC)C=C4)C=C3. The molecule has 0 saturated carbocycles. The summed E-state index contributed by atoms with van der Waals surface area (Å²) in [6.45, 7) is 12.1. The summed E-state index contributed by atoms with van der Waals surface area (Å²) in [5, 5.41) is 0. The quantitative estimate of drug-likeness (QED) is 0.178. The van der Waals surface area contributed by atoms with Crippen molar-refractivity contribution in [2.24, 2.45) is 0 Å². The van der Waals surface area contributed by atoms with Crippen molar-refractivity contribution in [3.8, 4) is 5.75 Å². The lowest BCUT2D eigenvalue weighted by Crippen LogP contribution is -2.03. The first-order valence-corrected chi connectivity index (χ1v) is 14.8. The molecule has 40 heavy (non-hydrogen) atoms. The van der Waals surface area contributed by atoms with E-state index in [4.69, 9.17) is 14.7 Å². The van der Waals surface area contributed by atoms with Gasteiger partial charge in [0.1, 0.15) is 0 Å². The molecule has 2 aliphatic rings. The van der Waals surface area contributed by atoms with E-state index in [1.165, 1.54) is 29.0 Å². The van der Waals surface area contributed by atoms with Gasteiger partial charge in [0.15, 0.2) is 5.75 Å². The minimum absolute atomic E-state index is 0.300. The van der Waals surface area contributed by atoms with E-state index in [1.807, 2.05) is 24.3 Å². The molecule has 0 atom stereocenters. The molecule has 0 aliphatic carbocycles. The first-order valence-electron chi connectivity index (χ1n) is 14.8. The molecule has 8 bridgehead atoms. The molecule has 0 radical (unpaired) electrons. The molecule has 208 valence electrons. The Morgan fingerprint density at radius 3 is 1.98 bits per heavy atom. The second kappa shape index (κ2) is 12.1. The molecule has 5 rings (SSSR count). The van der Waals surface area contributed by atoms with Crippen molar-refractivity contribution in [1.29, 1.82) is 0 Å². The number of carbonyl (C=O) groups is 1. The molecule has 5 heterocycles. The van der Waals surface area contributed by atoms with Gasteiger partial charge in [0.05, 0.1) is 39.3 Å². The smallest absolute Gasteiger partial charge is 0.308 e. The third kappa shape index (κ3) is 5.27. The van der Waals surface area contributed by atoms with Crippen LogP contribution in [0.4, 0.5) is 0 Å². The molecule has 0 N–H and O–H groups in total. The third-order valence-electron chi connectivity index (χ3n) is 7.37. The van der Waals surface area contributed by atoms with Crippen LogP contribution in [0.25, 0.3) is 46.4 Å². The Bertz CT molecular complexity index is 1650. The zero-order valence-electron chi connectivity index (χ0n) is 24.5. The standard InChI is InChI=1S/C34H40N4O2/c1-6-10-24-22-27-16-12-25-13-17-29(35-25)30-18-14-26(36-30)15-19-31-34(40-23(5)39)28(11-7-2)33(38(31)21-9-4)32(24)37(27)20-8-3/h12-19,22H,6-11,20-21H2,1-5H3. The van der Waals surface area contributed by atoms with Crippen LogP contribution in [-0.2, 0) is 30.7 Å². The Morgan fingerprint density at radius 2 is 1.38 bits per heavy atom. The maximum Gasteiger partial charge on any atom is 0.308 e. The lowest BCUT2D eigenvalue weighted by Gasteiger charge is -2.12. The molecule has 6 nitrogen and oxygen atoms in total. The fourth-order valence-electron chi connectivity index (χ4n) is 5.83. The van der Waals surface area contributed by atoms with E-state index >= 15 is 0 Å². The average molecular weight is 537 g/mol. The van der Waals surface area contributed by atoms with Gasteiger partial charge in [-0.05, 0) is 85.9 Å². The Kier molecular flexibility index (Phi) is 8.34. The van der Waals surface area contributed by atoms with E-state index in [-0.39, 0.29) is 5.97 Å².